The number of benzene rings is 3. The number of likely N-dealkylation sites (tertiary alicyclic amines) is 1. The predicted molar refractivity (Wildman–Crippen MR) is 158 cm³/mol. The highest BCUT2D eigenvalue weighted by atomic mass is 19.1. The maximum absolute atomic E-state index is 15.0. The summed E-state index contributed by atoms with van der Waals surface area (Å²) in [6.45, 7) is 4.21. The molecule has 3 heterocycles. The van der Waals surface area contributed by atoms with Crippen LogP contribution >= 0.6 is 0 Å². The van der Waals surface area contributed by atoms with Gasteiger partial charge < -0.3 is 15.1 Å². The Hall–Kier alpha value is -4.46. The predicted octanol–water partition coefficient (Wildman–Crippen LogP) is 6.15. The molecule has 41 heavy (non-hydrogen) atoms. The van der Waals surface area contributed by atoms with Gasteiger partial charge in [0.05, 0.1) is 23.2 Å². The minimum Gasteiger partial charge on any atom is -0.371 e. The van der Waals surface area contributed by atoms with Crippen LogP contribution in [-0.2, 0) is 4.79 Å². The van der Waals surface area contributed by atoms with Crippen LogP contribution in [-0.4, -0.2) is 46.1 Å². The van der Waals surface area contributed by atoms with E-state index in [2.05, 4.69) is 21.4 Å². The second-order valence-electron chi connectivity index (χ2n) is 10.9. The molecule has 2 amide bonds. The Morgan fingerprint density at radius 3 is 2.41 bits per heavy atom. The molecule has 3 aromatic carbocycles. The zero-order chi connectivity index (χ0) is 28.3. The molecule has 4 aromatic rings. The number of nitrogens with zero attached hydrogens (tertiary/aromatic N) is 4. The van der Waals surface area contributed by atoms with E-state index in [4.69, 9.17) is 0 Å². The molecule has 1 aromatic heterocycles. The highest BCUT2D eigenvalue weighted by Crippen LogP contribution is 2.39. The van der Waals surface area contributed by atoms with E-state index in [-0.39, 0.29) is 11.5 Å². The third-order valence-corrected chi connectivity index (χ3v) is 8.25. The Labute approximate surface area is 239 Å². The van der Waals surface area contributed by atoms with E-state index in [9.17, 15) is 14.0 Å². The van der Waals surface area contributed by atoms with Gasteiger partial charge in [-0.2, -0.15) is 5.10 Å². The molecule has 6 rings (SSSR count). The van der Waals surface area contributed by atoms with E-state index >= 15 is 0 Å². The van der Waals surface area contributed by atoms with Crippen LogP contribution < -0.4 is 10.2 Å². The van der Waals surface area contributed by atoms with Crippen LogP contribution in [0.5, 0.6) is 0 Å². The van der Waals surface area contributed by atoms with Gasteiger partial charge in [-0.05, 0) is 86.2 Å². The first-order valence-electron chi connectivity index (χ1n) is 14.3. The van der Waals surface area contributed by atoms with Crippen molar-refractivity contribution in [3.05, 3.63) is 108 Å². The van der Waals surface area contributed by atoms with Crippen LogP contribution in [0.3, 0.4) is 0 Å². The number of hydrogen-bond donors (Lipinski definition) is 1. The van der Waals surface area contributed by atoms with E-state index < -0.39 is 23.7 Å². The molecule has 2 fully saturated rings. The van der Waals surface area contributed by atoms with E-state index in [1.807, 2.05) is 54.7 Å². The van der Waals surface area contributed by atoms with Crippen molar-refractivity contribution in [1.82, 2.24) is 14.7 Å². The molecule has 8 heteroatoms. The van der Waals surface area contributed by atoms with Crippen LogP contribution in [0, 0.1) is 18.7 Å². The van der Waals surface area contributed by atoms with E-state index in [0.29, 0.717) is 24.9 Å². The van der Waals surface area contributed by atoms with Gasteiger partial charge in [-0.1, -0.05) is 30.3 Å². The first kappa shape index (κ1) is 26.7. The topological polar surface area (TPSA) is 70.5 Å². The van der Waals surface area contributed by atoms with Crippen LogP contribution in [0.4, 0.5) is 15.8 Å². The second-order valence-corrected chi connectivity index (χ2v) is 10.9. The summed E-state index contributed by atoms with van der Waals surface area (Å²) < 4.78 is 16.7. The number of nitrogens with one attached hydrogen (secondary N) is 1. The smallest absolute Gasteiger partial charge is 0.257 e. The molecule has 0 aliphatic carbocycles. The Morgan fingerprint density at radius 2 is 1.68 bits per heavy atom. The lowest BCUT2D eigenvalue weighted by Gasteiger charge is -2.41. The number of anilines is 2. The number of carbonyl (C=O) groups excluding carboxylic acids is 2. The maximum atomic E-state index is 15.0. The van der Waals surface area contributed by atoms with Gasteiger partial charge in [-0.25, -0.2) is 9.07 Å². The average Bonchev–Trinajstić information content (AvgIpc) is 3.72. The summed E-state index contributed by atoms with van der Waals surface area (Å²) in [7, 11) is 0. The zero-order valence-corrected chi connectivity index (χ0v) is 23.2. The molecule has 0 unspecified atom stereocenters. The number of amides is 2. The van der Waals surface area contributed by atoms with Crippen molar-refractivity contribution < 1.29 is 14.0 Å². The van der Waals surface area contributed by atoms with Crippen LogP contribution in [0.1, 0.15) is 53.2 Å². The van der Waals surface area contributed by atoms with Crippen molar-refractivity contribution in [3.8, 4) is 5.69 Å². The van der Waals surface area contributed by atoms with E-state index in [0.717, 1.165) is 35.7 Å². The highest BCUT2D eigenvalue weighted by molar-refractivity contribution is 5.98. The molecule has 2 aliphatic heterocycles. The number of hydrogen-bond acceptors (Lipinski definition) is 4. The molecule has 0 saturated carbocycles. The number of carbonyl (C=O) groups is 2. The van der Waals surface area contributed by atoms with E-state index in [1.54, 1.807) is 34.8 Å². The summed E-state index contributed by atoms with van der Waals surface area (Å²) >= 11 is 0. The van der Waals surface area contributed by atoms with Gasteiger partial charge >= 0.3 is 0 Å². The minimum absolute atomic E-state index is 0.0602. The highest BCUT2D eigenvalue weighted by Gasteiger charge is 2.40. The molecule has 210 valence electrons. The van der Waals surface area contributed by atoms with Gasteiger partial charge in [0.2, 0.25) is 5.91 Å². The minimum atomic E-state index is -0.552. The van der Waals surface area contributed by atoms with Crippen molar-refractivity contribution in [2.24, 2.45) is 5.92 Å². The third kappa shape index (κ3) is 5.46. The molecule has 2 aliphatic rings. The van der Waals surface area contributed by atoms with Gasteiger partial charge in [0, 0.05) is 43.4 Å². The quantitative estimate of drug-likeness (QED) is 0.312. The summed E-state index contributed by atoms with van der Waals surface area (Å²) in [5, 5.41) is 7.44. The van der Waals surface area contributed by atoms with Crippen molar-refractivity contribution >= 4 is 23.2 Å². The second kappa shape index (κ2) is 11.6. The van der Waals surface area contributed by atoms with Crippen LogP contribution in [0.2, 0.25) is 0 Å². The molecule has 2 atom stereocenters. The third-order valence-electron chi connectivity index (χ3n) is 8.25. The summed E-state index contributed by atoms with van der Waals surface area (Å²) in [5.41, 5.74) is 4.17. The molecule has 2 saturated heterocycles. The Bertz CT molecular complexity index is 1510. The largest absolute Gasteiger partial charge is 0.371 e. The zero-order valence-electron chi connectivity index (χ0n) is 23.2. The van der Waals surface area contributed by atoms with Gasteiger partial charge in [0.15, 0.2) is 0 Å². The number of aryl methyl sites for hydroxylation is 1. The summed E-state index contributed by atoms with van der Waals surface area (Å²) in [4.78, 5) is 31.9. The van der Waals surface area contributed by atoms with Gasteiger partial charge in [-0.15, -0.1) is 0 Å². The fourth-order valence-electron chi connectivity index (χ4n) is 6.19. The fraction of sp³-hybridized carbons (Fsp3) is 0.303. The first-order chi connectivity index (χ1) is 20.0. The molecule has 1 N–H and O–H groups in total. The first-order valence-corrected chi connectivity index (χ1v) is 14.3. The number of piperidine rings is 1. The van der Waals surface area contributed by atoms with Crippen LogP contribution in [0.15, 0.2) is 85.2 Å². The molecular weight excluding hydrogens is 517 g/mol. The molecular formula is C33H34FN5O2. The van der Waals surface area contributed by atoms with Crippen molar-refractivity contribution in [2.75, 3.05) is 29.9 Å². The fourth-order valence-corrected chi connectivity index (χ4v) is 6.19. The maximum Gasteiger partial charge on any atom is 0.257 e. The molecule has 0 bridgehead atoms. The van der Waals surface area contributed by atoms with Gasteiger partial charge in [-0.3, -0.25) is 9.59 Å². The number of aromatic nitrogens is 2. The lowest BCUT2D eigenvalue weighted by Crippen LogP contribution is -2.46. The lowest BCUT2D eigenvalue weighted by molar-refractivity contribution is -0.123. The Kier molecular flexibility index (Phi) is 7.55. The van der Waals surface area contributed by atoms with Crippen molar-refractivity contribution in [1.29, 1.82) is 0 Å². The SMILES string of the molecule is Cc1cccc(F)c1C(=O)N1CCC[C@H](C(=O)Nc2cccc(N3CCCC3)c2)[C@@H]1c1ccc(-n2cccn2)cc1. The summed E-state index contributed by atoms with van der Waals surface area (Å²) in [5.74, 6) is -1.60. The van der Waals surface area contributed by atoms with E-state index in [1.165, 1.54) is 18.9 Å². The summed E-state index contributed by atoms with van der Waals surface area (Å²) in [6.07, 6.45) is 7.18. The van der Waals surface area contributed by atoms with Crippen LogP contribution in [0.25, 0.3) is 5.69 Å². The molecule has 7 nitrogen and oxygen atoms in total. The Morgan fingerprint density at radius 1 is 0.902 bits per heavy atom. The molecule has 0 spiro atoms. The standard InChI is InChI=1S/C33H34FN5O2/c1-23-8-4-12-29(34)30(23)33(41)38-20-6-11-28(31(38)24-13-15-26(16-14-24)39-21-7-17-35-39)32(40)36-25-9-5-10-27(22-25)37-18-2-3-19-37/h4-5,7-10,12-17,21-22,28,31H,2-3,6,11,18-20H2,1H3,(H,36,40)/t28-,31-/m0/s1. The van der Waals surface area contributed by atoms with Crippen molar-refractivity contribution in [3.63, 3.8) is 0 Å². The normalized spacial score (nSPS) is 18.9. The van der Waals surface area contributed by atoms with Gasteiger partial charge in [0.25, 0.3) is 5.91 Å². The molecule has 0 radical (unpaired) electrons. The van der Waals surface area contributed by atoms with Crippen molar-refractivity contribution in [2.45, 2.75) is 38.6 Å². The number of rotatable bonds is 6. The van der Waals surface area contributed by atoms with Gasteiger partial charge in [0.1, 0.15) is 5.82 Å². The Balaban J connectivity index is 1.33. The summed E-state index contributed by atoms with van der Waals surface area (Å²) in [6, 6.07) is 21.7. The number of halogens is 1. The lowest BCUT2D eigenvalue weighted by atomic mass is 9.83. The monoisotopic (exact) mass is 551 g/mol. The average molecular weight is 552 g/mol.